The van der Waals surface area contributed by atoms with E-state index in [1.807, 2.05) is 47.4 Å². The molecule has 46 heavy (non-hydrogen) atoms. The Hall–Kier alpha value is -5.00. The van der Waals surface area contributed by atoms with E-state index in [-0.39, 0.29) is 30.4 Å². The Bertz CT molecular complexity index is 2160. The van der Waals surface area contributed by atoms with Crippen molar-refractivity contribution < 1.29 is 23.0 Å². The molecule has 0 N–H and O–H groups in total. The lowest BCUT2D eigenvalue weighted by atomic mass is 9.92. The van der Waals surface area contributed by atoms with E-state index in [4.69, 9.17) is 19.4 Å². The number of rotatable bonds is 8. The van der Waals surface area contributed by atoms with Gasteiger partial charge in [-0.3, -0.25) is 14.5 Å². The van der Waals surface area contributed by atoms with Crippen LogP contribution < -0.4 is 4.74 Å². The molecule has 2 aromatic carbocycles. The quantitative estimate of drug-likeness (QED) is 0.133. The maximum Gasteiger partial charge on any atom is 0.246 e. The molecule has 232 valence electrons. The second-order valence-corrected chi connectivity index (χ2v) is 12.0. The van der Waals surface area contributed by atoms with Gasteiger partial charge in [0.05, 0.1) is 40.0 Å². The second-order valence-electron chi connectivity index (χ2n) is 11.0. The van der Waals surface area contributed by atoms with Crippen molar-refractivity contribution in [3.05, 3.63) is 95.8 Å². The third-order valence-corrected chi connectivity index (χ3v) is 9.16. The van der Waals surface area contributed by atoms with Gasteiger partial charge in [0.25, 0.3) is 0 Å². The molecule has 0 saturated heterocycles. The molecule has 0 bridgehead atoms. The summed E-state index contributed by atoms with van der Waals surface area (Å²) in [5.41, 5.74) is 5.95. The van der Waals surface area contributed by atoms with Gasteiger partial charge in [-0.05, 0) is 41.3 Å². The van der Waals surface area contributed by atoms with Gasteiger partial charge in [-0.15, -0.1) is 11.3 Å². The van der Waals surface area contributed by atoms with Crippen molar-refractivity contribution in [3.63, 3.8) is 0 Å². The molecule has 4 aromatic heterocycles. The summed E-state index contributed by atoms with van der Waals surface area (Å²) in [6.07, 6.45) is 5.44. The van der Waals surface area contributed by atoms with Crippen LogP contribution in [0.3, 0.4) is 0 Å². The zero-order valence-electron chi connectivity index (χ0n) is 25.2. The molecule has 8 nitrogen and oxygen atoms in total. The largest absolute Gasteiger partial charge is 0.490 e. The third kappa shape index (κ3) is 5.21. The number of carbonyl (C=O) groups excluding carboxylic acids is 1. The van der Waals surface area contributed by atoms with Crippen LogP contribution in [0.25, 0.3) is 54.6 Å². The minimum absolute atomic E-state index is 0.0447. The van der Waals surface area contributed by atoms with Crippen molar-refractivity contribution in [3.8, 4) is 39.4 Å². The average Bonchev–Trinajstić information content (AvgIpc) is 3.70. The number of hydrogen-bond donors (Lipinski definition) is 0. The lowest BCUT2D eigenvalue weighted by Crippen LogP contribution is -2.35. The van der Waals surface area contributed by atoms with Gasteiger partial charge in [-0.2, -0.15) is 5.10 Å². The number of aromatic nitrogens is 4. The smallest absolute Gasteiger partial charge is 0.246 e. The van der Waals surface area contributed by atoms with Crippen molar-refractivity contribution in [2.75, 3.05) is 26.9 Å². The predicted octanol–water partition coefficient (Wildman–Crippen LogP) is 6.95. The van der Waals surface area contributed by atoms with E-state index in [0.29, 0.717) is 42.0 Å². The summed E-state index contributed by atoms with van der Waals surface area (Å²) in [5, 5.41) is 8.01. The number of hydrogen-bond acceptors (Lipinski definition) is 7. The van der Waals surface area contributed by atoms with Crippen LogP contribution in [-0.2, 0) is 29.5 Å². The van der Waals surface area contributed by atoms with Gasteiger partial charge in [0.1, 0.15) is 24.0 Å². The maximum absolute atomic E-state index is 16.0. The normalized spacial score (nSPS) is 12.9. The molecular formula is C35H29F2N5O3S. The first-order valence-corrected chi connectivity index (χ1v) is 15.6. The van der Waals surface area contributed by atoms with E-state index >= 15 is 4.39 Å². The lowest BCUT2D eigenvalue weighted by Gasteiger charge is -2.27. The highest BCUT2D eigenvalue weighted by Gasteiger charge is 2.27. The van der Waals surface area contributed by atoms with E-state index in [2.05, 4.69) is 11.7 Å². The number of halogens is 2. The average molecular weight is 638 g/mol. The number of pyridine rings is 2. The third-order valence-electron chi connectivity index (χ3n) is 8.24. The summed E-state index contributed by atoms with van der Waals surface area (Å²) in [6, 6.07) is 11.9. The molecule has 7 rings (SSSR count). The van der Waals surface area contributed by atoms with Crippen LogP contribution in [-0.4, -0.2) is 57.4 Å². The van der Waals surface area contributed by atoms with Gasteiger partial charge in [0.15, 0.2) is 0 Å². The van der Waals surface area contributed by atoms with Gasteiger partial charge in [0, 0.05) is 85.2 Å². The summed E-state index contributed by atoms with van der Waals surface area (Å²) in [6.45, 7) is 4.86. The van der Waals surface area contributed by atoms with Crippen molar-refractivity contribution in [2.24, 2.45) is 7.05 Å². The van der Waals surface area contributed by atoms with Crippen LogP contribution in [0.5, 0.6) is 5.75 Å². The van der Waals surface area contributed by atoms with E-state index < -0.39 is 11.6 Å². The summed E-state index contributed by atoms with van der Waals surface area (Å²) >= 11 is 1.49. The highest BCUT2D eigenvalue weighted by Crippen LogP contribution is 2.47. The van der Waals surface area contributed by atoms with Crippen molar-refractivity contribution in [1.29, 1.82) is 0 Å². The van der Waals surface area contributed by atoms with Crippen LogP contribution in [0.15, 0.2) is 72.9 Å². The molecule has 0 saturated carbocycles. The number of benzene rings is 2. The minimum atomic E-state index is -0.777. The molecule has 1 amide bonds. The summed E-state index contributed by atoms with van der Waals surface area (Å²) in [5.74, 6) is -1.65. The fourth-order valence-electron chi connectivity index (χ4n) is 6.02. The summed E-state index contributed by atoms with van der Waals surface area (Å²) < 4.78 is 44.3. The molecule has 1 aliphatic heterocycles. The molecule has 11 heteroatoms. The first-order chi connectivity index (χ1) is 22.4. The summed E-state index contributed by atoms with van der Waals surface area (Å²) in [4.78, 5) is 24.2. The van der Waals surface area contributed by atoms with Gasteiger partial charge in [-0.1, -0.05) is 12.6 Å². The lowest BCUT2D eigenvalue weighted by molar-refractivity contribution is -0.126. The molecule has 5 heterocycles. The second kappa shape index (κ2) is 12.1. The Morgan fingerprint density at radius 3 is 2.76 bits per heavy atom. The number of amides is 1. The number of aryl methyl sites for hydroxylation is 1. The number of thiophene rings is 1. The van der Waals surface area contributed by atoms with E-state index in [0.717, 1.165) is 43.9 Å². The standard InChI is InChI=1S/C35H29F2N5O3S/c1-4-30(43)42-9-7-27-23(19-42)14-22(17-38-27)33-31(32-26(37)15-24(36)16-29(32)45-11-10-44-3)25-8-12-46-35(25)34(40-33)20-5-6-28-21(13-20)18-39-41(28)2/h4-6,8,12-18H,1,7,9-11,19H2,2-3H3. The minimum Gasteiger partial charge on any atom is -0.490 e. The highest BCUT2D eigenvalue weighted by atomic mass is 32.1. The van der Waals surface area contributed by atoms with Crippen LogP contribution in [0.1, 0.15) is 11.3 Å². The van der Waals surface area contributed by atoms with Crippen LogP contribution in [0.2, 0.25) is 0 Å². The maximum atomic E-state index is 16.0. The molecule has 0 fully saturated rings. The fraction of sp³-hybridized carbons (Fsp3) is 0.200. The Balaban J connectivity index is 1.50. The number of methoxy groups -OCH3 is 1. The van der Waals surface area contributed by atoms with Crippen molar-refractivity contribution >= 4 is 38.2 Å². The van der Waals surface area contributed by atoms with E-state index in [1.54, 1.807) is 17.3 Å². The molecule has 0 aliphatic carbocycles. The number of ether oxygens (including phenoxy) is 2. The molecule has 0 atom stereocenters. The number of fused-ring (bicyclic) bond motifs is 3. The van der Waals surface area contributed by atoms with E-state index in [9.17, 15) is 9.18 Å². The van der Waals surface area contributed by atoms with Crippen LogP contribution in [0, 0.1) is 11.6 Å². The van der Waals surface area contributed by atoms with Crippen molar-refractivity contribution in [1.82, 2.24) is 24.6 Å². The zero-order valence-corrected chi connectivity index (χ0v) is 26.0. The number of nitrogens with zero attached hydrogens (tertiary/aromatic N) is 5. The first-order valence-electron chi connectivity index (χ1n) is 14.7. The molecule has 1 aliphatic rings. The SMILES string of the molecule is C=CC(=O)N1CCc2ncc(-c3nc(-c4ccc5c(cnn5C)c4)c4sccc4c3-c3c(F)cc(F)cc3OCCOC)cc2C1. The van der Waals surface area contributed by atoms with Gasteiger partial charge in [-0.25, -0.2) is 13.8 Å². The van der Waals surface area contributed by atoms with Gasteiger partial charge in [0.2, 0.25) is 5.91 Å². The van der Waals surface area contributed by atoms with Crippen LogP contribution in [0.4, 0.5) is 8.78 Å². The molecule has 0 spiro atoms. The molecule has 6 aromatic rings. The molecule has 0 unspecified atom stereocenters. The monoisotopic (exact) mass is 637 g/mol. The van der Waals surface area contributed by atoms with E-state index in [1.165, 1.54) is 30.6 Å². The van der Waals surface area contributed by atoms with Crippen LogP contribution >= 0.6 is 11.3 Å². The molecular weight excluding hydrogens is 608 g/mol. The topological polar surface area (TPSA) is 82.4 Å². The Labute approximate surface area is 267 Å². The van der Waals surface area contributed by atoms with Gasteiger partial charge >= 0.3 is 0 Å². The predicted molar refractivity (Wildman–Crippen MR) is 175 cm³/mol. The summed E-state index contributed by atoms with van der Waals surface area (Å²) in [7, 11) is 3.42. The molecule has 0 radical (unpaired) electrons. The Kier molecular flexibility index (Phi) is 7.79. The fourth-order valence-corrected chi connectivity index (χ4v) is 6.93. The van der Waals surface area contributed by atoms with Gasteiger partial charge < -0.3 is 14.4 Å². The first kappa shape index (κ1) is 29.7. The van der Waals surface area contributed by atoms with Crippen molar-refractivity contribution in [2.45, 2.75) is 13.0 Å². The zero-order chi connectivity index (χ0) is 31.9. The number of carbonyl (C=O) groups is 1. The Morgan fingerprint density at radius 1 is 1.07 bits per heavy atom. The highest BCUT2D eigenvalue weighted by molar-refractivity contribution is 7.17. The Morgan fingerprint density at radius 2 is 1.93 bits per heavy atom.